The van der Waals surface area contributed by atoms with Crippen molar-refractivity contribution in [2.75, 3.05) is 45.8 Å². The molecule has 2 saturated heterocycles. The topological polar surface area (TPSA) is 38.8 Å². The molecular weight excluding hydrogens is 336 g/mol. The molecule has 0 spiro atoms. The molecule has 1 aromatic rings. The summed E-state index contributed by atoms with van der Waals surface area (Å²) in [4.78, 5) is 19.6. The first-order valence-corrected chi connectivity index (χ1v) is 10.5. The minimum absolute atomic E-state index is 0.0308. The van der Waals surface area contributed by atoms with Crippen molar-refractivity contribution < 1.29 is 4.79 Å². The number of amides is 2. The first kappa shape index (κ1) is 20.2. The fraction of sp³-hybridized carbons (Fsp3) is 0.682. The van der Waals surface area contributed by atoms with Crippen LogP contribution in [0.25, 0.3) is 0 Å². The number of piperidine rings is 1. The van der Waals surface area contributed by atoms with Gasteiger partial charge in [-0.1, -0.05) is 36.2 Å². The highest BCUT2D eigenvalue weighted by molar-refractivity contribution is 5.74. The molecule has 0 aromatic heterocycles. The Kier molecular flexibility index (Phi) is 6.77. The van der Waals surface area contributed by atoms with Crippen LogP contribution in [-0.4, -0.2) is 72.1 Å². The molecule has 2 amide bonds. The van der Waals surface area contributed by atoms with Gasteiger partial charge in [0.2, 0.25) is 0 Å². The Morgan fingerprint density at radius 3 is 2.41 bits per heavy atom. The minimum Gasteiger partial charge on any atom is -0.336 e. The summed E-state index contributed by atoms with van der Waals surface area (Å²) in [7, 11) is 0. The second-order valence-corrected chi connectivity index (χ2v) is 8.77. The van der Waals surface area contributed by atoms with E-state index >= 15 is 0 Å². The standard InChI is InChI=1S/C22H36N4O/c1-19-8-7-9-20(16-19)17-24-12-14-25(15-13-24)21(27)23-18-22(2,3)26-10-5-4-6-11-26/h7-9,16H,4-6,10-15,17-18H2,1-3H3,(H,23,27). The molecule has 1 aromatic carbocycles. The molecule has 0 atom stereocenters. The summed E-state index contributed by atoms with van der Waals surface area (Å²) in [5.74, 6) is 0. The van der Waals surface area contributed by atoms with E-state index < -0.39 is 0 Å². The van der Waals surface area contributed by atoms with Gasteiger partial charge < -0.3 is 10.2 Å². The highest BCUT2D eigenvalue weighted by Gasteiger charge is 2.29. The van der Waals surface area contributed by atoms with Crippen LogP contribution in [0, 0.1) is 6.92 Å². The summed E-state index contributed by atoms with van der Waals surface area (Å²) < 4.78 is 0. The molecule has 2 fully saturated rings. The van der Waals surface area contributed by atoms with Crippen LogP contribution >= 0.6 is 0 Å². The van der Waals surface area contributed by atoms with E-state index in [-0.39, 0.29) is 11.6 Å². The van der Waals surface area contributed by atoms with Crippen molar-refractivity contribution in [2.24, 2.45) is 0 Å². The number of hydrogen-bond acceptors (Lipinski definition) is 3. The van der Waals surface area contributed by atoms with Crippen molar-refractivity contribution in [3.63, 3.8) is 0 Å². The summed E-state index contributed by atoms with van der Waals surface area (Å²) in [5.41, 5.74) is 2.70. The third-order valence-electron chi connectivity index (χ3n) is 6.03. The van der Waals surface area contributed by atoms with Crippen LogP contribution in [0.4, 0.5) is 4.79 Å². The van der Waals surface area contributed by atoms with Crippen molar-refractivity contribution in [2.45, 2.75) is 52.1 Å². The molecule has 2 aliphatic heterocycles. The number of carbonyl (C=O) groups is 1. The van der Waals surface area contributed by atoms with E-state index in [1.54, 1.807) is 0 Å². The molecule has 5 heteroatoms. The Morgan fingerprint density at radius 2 is 1.74 bits per heavy atom. The van der Waals surface area contributed by atoms with Crippen molar-refractivity contribution in [1.82, 2.24) is 20.0 Å². The van der Waals surface area contributed by atoms with Crippen molar-refractivity contribution in [3.05, 3.63) is 35.4 Å². The van der Waals surface area contributed by atoms with Gasteiger partial charge in [0.1, 0.15) is 0 Å². The van der Waals surface area contributed by atoms with Gasteiger partial charge in [0.15, 0.2) is 0 Å². The van der Waals surface area contributed by atoms with Crippen LogP contribution in [0.3, 0.4) is 0 Å². The van der Waals surface area contributed by atoms with E-state index in [2.05, 4.69) is 60.2 Å². The Bertz CT molecular complexity index is 616. The quantitative estimate of drug-likeness (QED) is 0.863. The zero-order valence-electron chi connectivity index (χ0n) is 17.3. The molecule has 27 heavy (non-hydrogen) atoms. The van der Waals surface area contributed by atoms with E-state index in [0.29, 0.717) is 0 Å². The maximum absolute atomic E-state index is 12.6. The van der Waals surface area contributed by atoms with Crippen LogP contribution in [-0.2, 0) is 6.54 Å². The number of likely N-dealkylation sites (tertiary alicyclic amines) is 1. The minimum atomic E-state index is 0.0308. The van der Waals surface area contributed by atoms with E-state index in [4.69, 9.17) is 0 Å². The van der Waals surface area contributed by atoms with E-state index in [1.807, 2.05) is 4.90 Å². The normalized spacial score (nSPS) is 19.9. The Hall–Kier alpha value is -1.59. The van der Waals surface area contributed by atoms with Gasteiger partial charge in [-0.2, -0.15) is 0 Å². The lowest BCUT2D eigenvalue weighted by Gasteiger charge is -2.42. The maximum Gasteiger partial charge on any atom is 0.317 e. The van der Waals surface area contributed by atoms with Gasteiger partial charge in [-0.15, -0.1) is 0 Å². The van der Waals surface area contributed by atoms with Gasteiger partial charge in [-0.3, -0.25) is 9.80 Å². The van der Waals surface area contributed by atoms with Crippen molar-refractivity contribution in [1.29, 1.82) is 0 Å². The predicted octanol–water partition coefficient (Wildman–Crippen LogP) is 3.09. The fourth-order valence-electron chi connectivity index (χ4n) is 4.19. The number of aryl methyl sites for hydroxylation is 1. The Balaban J connectivity index is 1.41. The summed E-state index contributed by atoms with van der Waals surface area (Å²) in [5, 5.41) is 3.19. The van der Waals surface area contributed by atoms with E-state index in [0.717, 1.165) is 52.4 Å². The van der Waals surface area contributed by atoms with Crippen LogP contribution in [0.2, 0.25) is 0 Å². The molecule has 2 aliphatic rings. The van der Waals surface area contributed by atoms with Crippen molar-refractivity contribution in [3.8, 4) is 0 Å². The molecule has 150 valence electrons. The highest BCUT2D eigenvalue weighted by atomic mass is 16.2. The molecule has 0 bridgehead atoms. The number of rotatable bonds is 5. The van der Waals surface area contributed by atoms with E-state index in [9.17, 15) is 4.79 Å². The molecule has 1 N–H and O–H groups in total. The number of benzene rings is 1. The zero-order valence-corrected chi connectivity index (χ0v) is 17.3. The second-order valence-electron chi connectivity index (χ2n) is 8.77. The highest BCUT2D eigenvalue weighted by Crippen LogP contribution is 2.20. The summed E-state index contributed by atoms with van der Waals surface area (Å²) in [6, 6.07) is 8.79. The fourth-order valence-corrected chi connectivity index (χ4v) is 4.19. The van der Waals surface area contributed by atoms with Crippen LogP contribution in [0.1, 0.15) is 44.2 Å². The number of urea groups is 1. The zero-order chi connectivity index (χ0) is 19.3. The smallest absolute Gasteiger partial charge is 0.317 e. The van der Waals surface area contributed by atoms with Crippen LogP contribution < -0.4 is 5.32 Å². The third-order valence-corrected chi connectivity index (χ3v) is 6.03. The third kappa shape index (κ3) is 5.69. The molecule has 0 radical (unpaired) electrons. The van der Waals surface area contributed by atoms with Crippen LogP contribution in [0.15, 0.2) is 24.3 Å². The number of carbonyl (C=O) groups excluding carboxylic acids is 1. The van der Waals surface area contributed by atoms with Gasteiger partial charge in [-0.25, -0.2) is 4.79 Å². The molecule has 0 unspecified atom stereocenters. The van der Waals surface area contributed by atoms with Crippen molar-refractivity contribution >= 4 is 6.03 Å². The SMILES string of the molecule is Cc1cccc(CN2CCN(C(=O)NCC(C)(C)N3CCCCC3)CC2)c1. The first-order valence-electron chi connectivity index (χ1n) is 10.5. The summed E-state index contributed by atoms with van der Waals surface area (Å²) >= 11 is 0. The lowest BCUT2D eigenvalue weighted by Crippen LogP contribution is -2.57. The summed E-state index contributed by atoms with van der Waals surface area (Å²) in [6.45, 7) is 14.1. The molecule has 0 saturated carbocycles. The number of nitrogens with one attached hydrogen (secondary N) is 1. The molecule has 0 aliphatic carbocycles. The molecular formula is C22H36N4O. The largest absolute Gasteiger partial charge is 0.336 e. The van der Waals surface area contributed by atoms with E-state index in [1.165, 1.54) is 30.4 Å². The monoisotopic (exact) mass is 372 g/mol. The summed E-state index contributed by atoms with van der Waals surface area (Å²) in [6.07, 6.45) is 3.90. The average molecular weight is 373 g/mol. The number of piperazine rings is 1. The molecule has 5 nitrogen and oxygen atoms in total. The predicted molar refractivity (Wildman–Crippen MR) is 111 cm³/mol. The lowest BCUT2D eigenvalue weighted by atomic mass is 9.98. The van der Waals surface area contributed by atoms with Gasteiger partial charge in [0.05, 0.1) is 0 Å². The van der Waals surface area contributed by atoms with Gasteiger partial charge >= 0.3 is 6.03 Å². The Labute approximate surface area is 164 Å². The molecule has 2 heterocycles. The Morgan fingerprint density at radius 1 is 1.04 bits per heavy atom. The maximum atomic E-state index is 12.6. The first-order chi connectivity index (χ1) is 12.9. The van der Waals surface area contributed by atoms with Gasteiger partial charge in [-0.05, 0) is 52.3 Å². The number of hydrogen-bond donors (Lipinski definition) is 1. The number of nitrogens with zero attached hydrogens (tertiary/aromatic N) is 3. The average Bonchev–Trinajstić information content (AvgIpc) is 2.67. The lowest BCUT2D eigenvalue weighted by molar-refractivity contribution is 0.0907. The van der Waals surface area contributed by atoms with Crippen LogP contribution in [0.5, 0.6) is 0 Å². The van der Waals surface area contributed by atoms with Gasteiger partial charge in [0, 0.05) is 44.8 Å². The van der Waals surface area contributed by atoms with Gasteiger partial charge in [0.25, 0.3) is 0 Å². The molecule has 3 rings (SSSR count). The second kappa shape index (κ2) is 9.07.